The molecule has 0 saturated carbocycles. The molecule has 1 aromatic carbocycles. The minimum atomic E-state index is -1.61. The normalized spacial score (nSPS) is 10.3. The summed E-state index contributed by atoms with van der Waals surface area (Å²) in [5, 5.41) is 19.0. The van der Waals surface area contributed by atoms with E-state index < -0.39 is 34.4 Å². The van der Waals surface area contributed by atoms with E-state index >= 15 is 0 Å². The Balaban J connectivity index is 2.99. The Kier molecular flexibility index (Phi) is 5.59. The molecule has 144 valence electrons. The smallest absolute Gasteiger partial charge is 0.342 e. The molecular weight excluding hydrogens is 360 g/mol. The largest absolute Gasteiger partial charge is 0.493 e. The second-order valence-electron chi connectivity index (χ2n) is 5.25. The Bertz CT molecular complexity index is 939. The Hall–Kier alpha value is -3.69. The van der Waals surface area contributed by atoms with Crippen LogP contribution >= 0.6 is 0 Å². The topological polar surface area (TPSA) is 161 Å². The first-order chi connectivity index (χ1) is 12.8. The number of methoxy groups -OCH3 is 2. The van der Waals surface area contributed by atoms with E-state index in [1.54, 1.807) is 6.92 Å². The number of ether oxygens (including phenoxy) is 3. The van der Waals surface area contributed by atoms with Crippen LogP contribution in [0.1, 0.15) is 27.6 Å². The van der Waals surface area contributed by atoms with E-state index in [2.05, 4.69) is 0 Å². The fourth-order valence-electron chi connectivity index (χ4n) is 2.65. The molecule has 0 bridgehead atoms. The van der Waals surface area contributed by atoms with Gasteiger partial charge in [0, 0.05) is 5.56 Å². The standard InChI is InChI=1S/C17H18N2O8/c1-4-27-13-8(25-2)5-7(6-9(13)26-3)10-11(16(21)22)14(18)19-15(20)12(10)17(23)24/h5-6H,4H2,1-3H3,(H,21,22)(H,23,24)(H3,18,19,20). The highest BCUT2D eigenvalue weighted by Gasteiger charge is 2.28. The third-order valence-electron chi connectivity index (χ3n) is 3.71. The van der Waals surface area contributed by atoms with Crippen molar-refractivity contribution in [1.29, 1.82) is 0 Å². The number of rotatable bonds is 7. The highest BCUT2D eigenvalue weighted by molar-refractivity contribution is 6.07. The summed E-state index contributed by atoms with van der Waals surface area (Å²) in [6.45, 7) is 2.04. The molecule has 0 aliphatic rings. The van der Waals surface area contributed by atoms with Crippen molar-refractivity contribution in [2.45, 2.75) is 6.92 Å². The Labute approximate surface area is 153 Å². The van der Waals surface area contributed by atoms with Gasteiger partial charge in [-0.3, -0.25) is 4.79 Å². The summed E-state index contributed by atoms with van der Waals surface area (Å²) < 4.78 is 16.0. The zero-order valence-corrected chi connectivity index (χ0v) is 14.8. The van der Waals surface area contributed by atoms with Gasteiger partial charge in [-0.1, -0.05) is 0 Å². The van der Waals surface area contributed by atoms with E-state index in [4.69, 9.17) is 19.9 Å². The number of hydrogen-bond donors (Lipinski definition) is 4. The molecule has 2 rings (SSSR count). The predicted octanol–water partition coefficient (Wildman–Crippen LogP) is 1.44. The van der Waals surface area contributed by atoms with Crippen molar-refractivity contribution >= 4 is 17.8 Å². The number of H-pyrrole nitrogens is 1. The molecule has 5 N–H and O–H groups in total. The van der Waals surface area contributed by atoms with Crippen LogP contribution in [0.2, 0.25) is 0 Å². The van der Waals surface area contributed by atoms with Crippen LogP contribution in [0.25, 0.3) is 11.1 Å². The number of carboxylic acids is 2. The average molecular weight is 378 g/mol. The number of benzene rings is 1. The molecule has 10 nitrogen and oxygen atoms in total. The minimum Gasteiger partial charge on any atom is -0.493 e. The van der Waals surface area contributed by atoms with Gasteiger partial charge in [0.05, 0.1) is 20.8 Å². The van der Waals surface area contributed by atoms with Crippen LogP contribution in [0.5, 0.6) is 17.2 Å². The summed E-state index contributed by atoms with van der Waals surface area (Å²) in [5.74, 6) is -3.01. The van der Waals surface area contributed by atoms with E-state index in [1.807, 2.05) is 4.98 Å². The molecule has 1 aromatic heterocycles. The quantitative estimate of drug-likeness (QED) is 0.558. The predicted molar refractivity (Wildman–Crippen MR) is 95.1 cm³/mol. The summed E-state index contributed by atoms with van der Waals surface area (Å²) >= 11 is 0. The lowest BCUT2D eigenvalue weighted by Crippen LogP contribution is -2.24. The number of pyridine rings is 1. The number of aromatic carboxylic acids is 2. The summed E-state index contributed by atoms with van der Waals surface area (Å²) in [7, 11) is 2.70. The van der Waals surface area contributed by atoms with Gasteiger partial charge in [-0.15, -0.1) is 0 Å². The van der Waals surface area contributed by atoms with Crippen LogP contribution in [0, 0.1) is 0 Å². The molecule has 1 heterocycles. The Morgan fingerprint density at radius 1 is 1.07 bits per heavy atom. The number of nitrogens with one attached hydrogen (secondary N) is 1. The maximum absolute atomic E-state index is 12.1. The number of aromatic nitrogens is 1. The van der Waals surface area contributed by atoms with Crippen LogP contribution in [0.4, 0.5) is 5.82 Å². The third-order valence-corrected chi connectivity index (χ3v) is 3.71. The maximum Gasteiger partial charge on any atom is 0.342 e. The van der Waals surface area contributed by atoms with E-state index in [0.29, 0.717) is 6.61 Å². The van der Waals surface area contributed by atoms with Crippen LogP contribution in [0.15, 0.2) is 16.9 Å². The summed E-state index contributed by atoms with van der Waals surface area (Å²) in [4.78, 5) is 37.5. The Morgan fingerprint density at radius 2 is 1.59 bits per heavy atom. The fourth-order valence-corrected chi connectivity index (χ4v) is 2.65. The van der Waals surface area contributed by atoms with Crippen molar-refractivity contribution in [1.82, 2.24) is 4.98 Å². The van der Waals surface area contributed by atoms with Crippen LogP contribution in [0.3, 0.4) is 0 Å². The molecule has 0 spiro atoms. The van der Waals surface area contributed by atoms with Crippen molar-refractivity contribution in [2.75, 3.05) is 26.6 Å². The molecule has 0 aliphatic heterocycles. The van der Waals surface area contributed by atoms with Gasteiger partial charge in [0.2, 0.25) is 5.75 Å². The van der Waals surface area contributed by atoms with Gasteiger partial charge in [0.1, 0.15) is 16.9 Å². The molecule has 2 aromatic rings. The van der Waals surface area contributed by atoms with Crippen molar-refractivity contribution in [3.63, 3.8) is 0 Å². The first-order valence-electron chi connectivity index (χ1n) is 7.68. The molecule has 0 amide bonds. The first-order valence-corrected chi connectivity index (χ1v) is 7.68. The van der Waals surface area contributed by atoms with E-state index in [0.717, 1.165) is 0 Å². The number of nitrogen functional groups attached to an aromatic ring is 1. The lowest BCUT2D eigenvalue weighted by molar-refractivity contribution is 0.0695. The van der Waals surface area contributed by atoms with E-state index in [-0.39, 0.29) is 28.4 Å². The molecular formula is C17H18N2O8. The van der Waals surface area contributed by atoms with E-state index in [9.17, 15) is 24.6 Å². The zero-order chi connectivity index (χ0) is 20.3. The van der Waals surface area contributed by atoms with Crippen LogP contribution < -0.4 is 25.5 Å². The van der Waals surface area contributed by atoms with Crippen molar-refractivity contribution in [3.8, 4) is 28.4 Å². The Morgan fingerprint density at radius 3 is 2.00 bits per heavy atom. The van der Waals surface area contributed by atoms with Crippen LogP contribution in [-0.2, 0) is 0 Å². The highest BCUT2D eigenvalue weighted by Crippen LogP contribution is 2.43. The lowest BCUT2D eigenvalue weighted by atomic mass is 9.95. The van der Waals surface area contributed by atoms with Gasteiger partial charge in [-0.2, -0.15) is 0 Å². The van der Waals surface area contributed by atoms with Gasteiger partial charge in [0.25, 0.3) is 5.56 Å². The molecule has 0 atom stereocenters. The van der Waals surface area contributed by atoms with Crippen molar-refractivity contribution < 1.29 is 34.0 Å². The summed E-state index contributed by atoms with van der Waals surface area (Å²) in [6, 6.07) is 2.70. The number of nitrogens with two attached hydrogens (primary N) is 1. The molecule has 10 heteroatoms. The van der Waals surface area contributed by atoms with Gasteiger partial charge >= 0.3 is 11.9 Å². The van der Waals surface area contributed by atoms with Gasteiger partial charge in [-0.05, 0) is 24.6 Å². The molecule has 0 radical (unpaired) electrons. The van der Waals surface area contributed by atoms with Crippen molar-refractivity contribution in [2.24, 2.45) is 0 Å². The molecule has 0 fully saturated rings. The maximum atomic E-state index is 12.1. The average Bonchev–Trinajstić information content (AvgIpc) is 2.60. The number of aromatic amines is 1. The van der Waals surface area contributed by atoms with E-state index in [1.165, 1.54) is 26.4 Å². The van der Waals surface area contributed by atoms with Gasteiger partial charge in [-0.25, -0.2) is 9.59 Å². The number of anilines is 1. The number of carboxylic acid groups (broad SMARTS) is 2. The van der Waals surface area contributed by atoms with Gasteiger partial charge < -0.3 is 35.1 Å². The highest BCUT2D eigenvalue weighted by atomic mass is 16.5. The lowest BCUT2D eigenvalue weighted by Gasteiger charge is -2.17. The number of carbonyl (C=O) groups is 2. The minimum absolute atomic E-state index is 0.0553. The molecule has 0 saturated heterocycles. The zero-order valence-electron chi connectivity index (χ0n) is 14.8. The molecule has 27 heavy (non-hydrogen) atoms. The van der Waals surface area contributed by atoms with Gasteiger partial charge in [0.15, 0.2) is 11.5 Å². The summed E-state index contributed by atoms with van der Waals surface area (Å²) in [6.07, 6.45) is 0. The third kappa shape index (κ3) is 3.50. The second kappa shape index (κ2) is 7.68. The molecule has 0 aliphatic carbocycles. The molecule has 0 unspecified atom stereocenters. The van der Waals surface area contributed by atoms with Crippen LogP contribution in [-0.4, -0.2) is 48.0 Å². The summed E-state index contributed by atoms with van der Waals surface area (Å²) in [5.41, 5.74) is 2.96. The van der Waals surface area contributed by atoms with Crippen molar-refractivity contribution in [3.05, 3.63) is 33.6 Å². The SMILES string of the molecule is CCOc1c(OC)cc(-c2c(C(=O)O)c(N)[nH]c(=O)c2C(=O)O)cc1OC. The monoisotopic (exact) mass is 378 g/mol. The second-order valence-corrected chi connectivity index (χ2v) is 5.25. The first kappa shape index (κ1) is 19.6. The fraction of sp³-hybridized carbons (Fsp3) is 0.235. The number of hydrogen-bond acceptors (Lipinski definition) is 7.